The quantitative estimate of drug-likeness (QED) is 0.791. The monoisotopic (exact) mass is 313 g/mol. The summed E-state index contributed by atoms with van der Waals surface area (Å²) in [6, 6.07) is 11.2. The van der Waals surface area contributed by atoms with Crippen LogP contribution in [0.2, 0.25) is 5.02 Å². The van der Waals surface area contributed by atoms with Crippen LogP contribution < -0.4 is 5.32 Å². The summed E-state index contributed by atoms with van der Waals surface area (Å²) in [5.41, 5.74) is 3.90. The van der Waals surface area contributed by atoms with E-state index < -0.39 is 0 Å². The van der Waals surface area contributed by atoms with Gasteiger partial charge in [-0.2, -0.15) is 0 Å². The van der Waals surface area contributed by atoms with Gasteiger partial charge in [0.05, 0.1) is 5.69 Å². The second-order valence-corrected chi connectivity index (χ2v) is 5.59. The number of aromatic nitrogens is 2. The van der Waals surface area contributed by atoms with Gasteiger partial charge in [-0.15, -0.1) is 0 Å². The highest BCUT2D eigenvalue weighted by Gasteiger charge is 2.18. The molecule has 0 aliphatic heterocycles. The first-order valence-corrected chi connectivity index (χ1v) is 7.51. The molecule has 0 saturated carbocycles. The van der Waals surface area contributed by atoms with Gasteiger partial charge in [-0.05, 0) is 31.5 Å². The Morgan fingerprint density at radius 3 is 2.68 bits per heavy atom. The van der Waals surface area contributed by atoms with Crippen molar-refractivity contribution in [3.8, 4) is 0 Å². The third-order valence-corrected chi connectivity index (χ3v) is 3.75. The number of carbonyl (C=O) groups excluding carboxylic acids is 1. The van der Waals surface area contributed by atoms with Gasteiger partial charge >= 0.3 is 0 Å². The number of amides is 1. The van der Waals surface area contributed by atoms with Crippen LogP contribution in [0.3, 0.4) is 0 Å². The van der Waals surface area contributed by atoms with Crippen molar-refractivity contribution in [2.45, 2.75) is 20.3 Å². The Balaban J connectivity index is 2.00. The van der Waals surface area contributed by atoms with Gasteiger partial charge in [-0.3, -0.25) is 9.20 Å². The van der Waals surface area contributed by atoms with Crippen LogP contribution in [0.15, 0.2) is 42.6 Å². The first-order valence-electron chi connectivity index (χ1n) is 7.13. The Hall–Kier alpha value is -2.33. The van der Waals surface area contributed by atoms with E-state index in [2.05, 4.69) is 10.3 Å². The van der Waals surface area contributed by atoms with Crippen molar-refractivity contribution in [3.63, 3.8) is 0 Å². The molecule has 0 aliphatic rings. The van der Waals surface area contributed by atoms with E-state index in [0.717, 1.165) is 16.9 Å². The maximum absolute atomic E-state index is 12.6. The minimum Gasteiger partial charge on any atom is -0.321 e. The van der Waals surface area contributed by atoms with Crippen LogP contribution in [0.25, 0.3) is 5.65 Å². The van der Waals surface area contributed by atoms with Crippen molar-refractivity contribution < 1.29 is 4.79 Å². The number of benzene rings is 1. The van der Waals surface area contributed by atoms with Crippen molar-refractivity contribution in [2.24, 2.45) is 0 Å². The Labute approximate surface area is 133 Å². The molecule has 2 aromatic heterocycles. The summed E-state index contributed by atoms with van der Waals surface area (Å²) in [7, 11) is 0. The molecule has 22 heavy (non-hydrogen) atoms. The zero-order valence-corrected chi connectivity index (χ0v) is 13.2. The zero-order valence-electron chi connectivity index (χ0n) is 12.4. The Morgan fingerprint density at radius 1 is 1.27 bits per heavy atom. The molecule has 0 saturated heterocycles. The number of aryl methyl sites for hydroxylation is 2. The topological polar surface area (TPSA) is 46.4 Å². The van der Waals surface area contributed by atoms with Crippen LogP contribution in [0, 0.1) is 6.92 Å². The number of nitrogens with one attached hydrogen (secondary N) is 1. The minimum atomic E-state index is -0.171. The number of fused-ring (bicyclic) bond motifs is 1. The molecule has 3 aromatic rings. The van der Waals surface area contributed by atoms with Crippen LogP contribution >= 0.6 is 11.6 Å². The van der Waals surface area contributed by atoms with E-state index in [1.807, 2.05) is 38.1 Å². The number of imidazole rings is 1. The van der Waals surface area contributed by atoms with Gasteiger partial charge in [0.1, 0.15) is 11.3 Å². The molecule has 5 heteroatoms. The van der Waals surface area contributed by atoms with Crippen LogP contribution in [-0.2, 0) is 6.42 Å². The molecule has 0 fully saturated rings. The van der Waals surface area contributed by atoms with Crippen LogP contribution in [0.4, 0.5) is 5.69 Å². The molecule has 0 radical (unpaired) electrons. The highest BCUT2D eigenvalue weighted by Crippen LogP contribution is 2.19. The lowest BCUT2D eigenvalue weighted by molar-refractivity contribution is 0.102. The smallest absolute Gasteiger partial charge is 0.274 e. The second kappa shape index (κ2) is 5.81. The molecule has 1 amide bonds. The summed E-state index contributed by atoms with van der Waals surface area (Å²) in [5.74, 6) is -0.171. The van der Waals surface area contributed by atoms with E-state index in [-0.39, 0.29) is 5.91 Å². The van der Waals surface area contributed by atoms with Gasteiger partial charge in [-0.25, -0.2) is 4.98 Å². The maximum atomic E-state index is 12.6. The molecule has 1 N–H and O–H groups in total. The van der Waals surface area contributed by atoms with Gasteiger partial charge in [0.15, 0.2) is 0 Å². The molecule has 3 rings (SSSR count). The molecule has 2 heterocycles. The lowest BCUT2D eigenvalue weighted by atomic mass is 10.2. The molecular weight excluding hydrogens is 298 g/mol. The molecule has 112 valence electrons. The highest BCUT2D eigenvalue weighted by atomic mass is 35.5. The molecule has 4 nitrogen and oxygen atoms in total. The average Bonchev–Trinajstić information content (AvgIpc) is 2.87. The van der Waals surface area contributed by atoms with Gasteiger partial charge in [-0.1, -0.05) is 36.2 Å². The summed E-state index contributed by atoms with van der Waals surface area (Å²) in [6.45, 7) is 3.99. The van der Waals surface area contributed by atoms with Gasteiger partial charge < -0.3 is 5.32 Å². The van der Waals surface area contributed by atoms with Crippen molar-refractivity contribution in [1.82, 2.24) is 9.38 Å². The third-order valence-electron chi connectivity index (χ3n) is 3.52. The van der Waals surface area contributed by atoms with E-state index in [9.17, 15) is 4.79 Å². The lowest BCUT2D eigenvalue weighted by Gasteiger charge is -2.07. The summed E-state index contributed by atoms with van der Waals surface area (Å²) in [4.78, 5) is 17.1. The molecule has 0 aliphatic carbocycles. The van der Waals surface area contributed by atoms with Crippen LogP contribution in [0.5, 0.6) is 0 Å². The number of nitrogens with zero attached hydrogens (tertiary/aromatic N) is 2. The third kappa shape index (κ3) is 2.70. The fraction of sp³-hybridized carbons (Fsp3) is 0.176. The SMILES string of the molecule is CCc1nc2cc(Cl)ccn2c1C(=O)Nc1ccc(C)cc1. The summed E-state index contributed by atoms with van der Waals surface area (Å²) in [5, 5.41) is 3.52. The van der Waals surface area contributed by atoms with E-state index in [4.69, 9.17) is 11.6 Å². The number of anilines is 1. The number of hydrogen-bond donors (Lipinski definition) is 1. The summed E-state index contributed by atoms with van der Waals surface area (Å²) < 4.78 is 1.77. The molecule has 0 unspecified atom stereocenters. The van der Waals surface area contributed by atoms with E-state index in [1.165, 1.54) is 0 Å². The van der Waals surface area contributed by atoms with Crippen molar-refractivity contribution in [3.05, 3.63) is 64.6 Å². The maximum Gasteiger partial charge on any atom is 0.274 e. The van der Waals surface area contributed by atoms with Crippen molar-refractivity contribution in [1.29, 1.82) is 0 Å². The molecular formula is C17H16ClN3O. The largest absolute Gasteiger partial charge is 0.321 e. The predicted molar refractivity (Wildman–Crippen MR) is 88.7 cm³/mol. The first kappa shape index (κ1) is 14.6. The van der Waals surface area contributed by atoms with Crippen molar-refractivity contribution in [2.75, 3.05) is 5.32 Å². The first-order chi connectivity index (χ1) is 10.6. The fourth-order valence-corrected chi connectivity index (χ4v) is 2.54. The molecule has 0 bridgehead atoms. The van der Waals surface area contributed by atoms with Gasteiger partial charge in [0.2, 0.25) is 0 Å². The Bertz CT molecular complexity index is 837. The Kier molecular flexibility index (Phi) is 3.86. The number of rotatable bonds is 3. The zero-order chi connectivity index (χ0) is 15.7. The van der Waals surface area contributed by atoms with Crippen molar-refractivity contribution >= 4 is 28.8 Å². The second-order valence-electron chi connectivity index (χ2n) is 5.15. The van der Waals surface area contributed by atoms with Crippen LogP contribution in [-0.4, -0.2) is 15.3 Å². The number of pyridine rings is 1. The Morgan fingerprint density at radius 2 is 2.00 bits per heavy atom. The number of hydrogen-bond acceptors (Lipinski definition) is 2. The minimum absolute atomic E-state index is 0.171. The van der Waals surface area contributed by atoms with Gasteiger partial charge in [0, 0.05) is 23.0 Å². The van der Waals surface area contributed by atoms with E-state index in [1.54, 1.807) is 22.7 Å². The average molecular weight is 314 g/mol. The summed E-state index contributed by atoms with van der Waals surface area (Å²) >= 11 is 5.99. The number of carbonyl (C=O) groups is 1. The van der Waals surface area contributed by atoms with E-state index >= 15 is 0 Å². The fourth-order valence-electron chi connectivity index (χ4n) is 2.38. The normalized spacial score (nSPS) is 10.9. The number of halogens is 1. The van der Waals surface area contributed by atoms with Crippen LogP contribution in [0.1, 0.15) is 28.7 Å². The van der Waals surface area contributed by atoms with Gasteiger partial charge in [0.25, 0.3) is 5.91 Å². The standard InChI is InChI=1S/C17H16ClN3O/c1-3-14-16(21-9-8-12(18)10-15(21)20-14)17(22)19-13-6-4-11(2)5-7-13/h4-10H,3H2,1-2H3,(H,19,22). The summed E-state index contributed by atoms with van der Waals surface area (Å²) in [6.07, 6.45) is 2.45. The molecule has 1 aromatic carbocycles. The van der Waals surface area contributed by atoms with E-state index in [0.29, 0.717) is 22.8 Å². The lowest BCUT2D eigenvalue weighted by Crippen LogP contribution is -2.16. The molecule has 0 atom stereocenters. The predicted octanol–water partition coefficient (Wildman–Crippen LogP) is 4.11. The molecule has 0 spiro atoms. The highest BCUT2D eigenvalue weighted by molar-refractivity contribution is 6.30.